The topological polar surface area (TPSA) is 63.2 Å². The van der Waals surface area contributed by atoms with Gasteiger partial charge in [0.2, 0.25) is 0 Å². The molecule has 6 aliphatic rings. The molecule has 2 bridgehead atoms. The number of ether oxygens (including phenoxy) is 5. The Morgan fingerprint density at radius 1 is 1.06 bits per heavy atom. The summed E-state index contributed by atoms with van der Waals surface area (Å²) in [4.78, 5) is 12.7. The van der Waals surface area contributed by atoms with Gasteiger partial charge in [-0.25, -0.2) is 0 Å². The van der Waals surface area contributed by atoms with Crippen molar-refractivity contribution < 1.29 is 28.5 Å². The van der Waals surface area contributed by atoms with E-state index in [4.69, 9.17) is 23.7 Å². The molecular weight excluding hydrogens is 432 g/mol. The van der Waals surface area contributed by atoms with Crippen molar-refractivity contribution in [2.24, 2.45) is 34.5 Å². The van der Waals surface area contributed by atoms with Gasteiger partial charge in [-0.2, -0.15) is 0 Å². The number of carbonyl (C=O) groups is 1. The van der Waals surface area contributed by atoms with Gasteiger partial charge in [-0.15, -0.1) is 0 Å². The number of esters is 1. The first-order valence-electron chi connectivity index (χ1n) is 12.9. The van der Waals surface area contributed by atoms with E-state index in [1.54, 1.807) is 0 Å². The number of rotatable bonds is 1. The van der Waals surface area contributed by atoms with E-state index in [1.165, 1.54) is 6.92 Å². The Labute approximate surface area is 203 Å². The van der Waals surface area contributed by atoms with Crippen LogP contribution in [0.15, 0.2) is 23.3 Å². The molecule has 0 amide bonds. The maximum atomic E-state index is 12.7. The normalized spacial score (nSPS) is 50.9. The van der Waals surface area contributed by atoms with E-state index in [-0.39, 0.29) is 41.5 Å². The number of hydrogen-bond acceptors (Lipinski definition) is 6. The number of fused-ring (bicyclic) bond motifs is 4. The van der Waals surface area contributed by atoms with Crippen LogP contribution in [0.5, 0.6) is 0 Å². The molecular formula is C28H40O6. The Morgan fingerprint density at radius 3 is 2.41 bits per heavy atom. The molecule has 188 valence electrons. The molecule has 0 aromatic heterocycles. The van der Waals surface area contributed by atoms with Crippen LogP contribution in [-0.4, -0.2) is 48.1 Å². The summed E-state index contributed by atoms with van der Waals surface area (Å²) in [6.07, 6.45) is 4.73. The smallest absolute Gasteiger partial charge is 0.302 e. The van der Waals surface area contributed by atoms with E-state index in [2.05, 4.69) is 39.8 Å². The molecule has 0 aromatic carbocycles. The average molecular weight is 473 g/mol. The third-order valence-electron chi connectivity index (χ3n) is 9.97. The van der Waals surface area contributed by atoms with E-state index in [0.29, 0.717) is 18.4 Å². The Morgan fingerprint density at radius 2 is 1.74 bits per heavy atom. The fraction of sp³-hybridized carbons (Fsp3) is 0.821. The summed E-state index contributed by atoms with van der Waals surface area (Å²) in [6.45, 7) is 19.1. The molecule has 2 aliphatic heterocycles. The van der Waals surface area contributed by atoms with Crippen molar-refractivity contribution in [3.63, 3.8) is 0 Å². The minimum absolute atomic E-state index is 0.0641. The standard InChI is InChI=1S/C28H40O6/c1-14-12-27-15(2)10-19-20(24(19,4)5)18(23(27)31-16(3)29)11-17-13-30-25(6,7)33-22(17)28(27)21(14)32-26(8,9)34-28/h11-12,15,18-23H,10,13H2,1-9H3/t15-,18?,19-,20?,21?,22-,23?,27+,28?/m1/s1. The van der Waals surface area contributed by atoms with Crippen molar-refractivity contribution in [2.45, 2.75) is 104 Å². The summed E-state index contributed by atoms with van der Waals surface area (Å²) in [6, 6.07) is 0. The monoisotopic (exact) mass is 472 g/mol. The van der Waals surface area contributed by atoms with Gasteiger partial charge in [-0.05, 0) is 75.4 Å². The van der Waals surface area contributed by atoms with Crippen molar-refractivity contribution in [2.75, 3.05) is 6.61 Å². The van der Waals surface area contributed by atoms with Gasteiger partial charge in [-0.3, -0.25) is 4.79 Å². The summed E-state index contributed by atoms with van der Waals surface area (Å²) < 4.78 is 33.1. The van der Waals surface area contributed by atoms with Gasteiger partial charge in [-0.1, -0.05) is 32.9 Å². The van der Waals surface area contributed by atoms with Gasteiger partial charge in [0.1, 0.15) is 23.9 Å². The summed E-state index contributed by atoms with van der Waals surface area (Å²) in [5.74, 6) is -0.531. The van der Waals surface area contributed by atoms with Crippen LogP contribution in [-0.2, 0) is 28.5 Å². The van der Waals surface area contributed by atoms with Gasteiger partial charge in [0.15, 0.2) is 11.6 Å². The Bertz CT molecular complexity index is 1010. The third-order valence-corrected chi connectivity index (χ3v) is 9.97. The molecule has 2 spiro atoms. The highest BCUT2D eigenvalue weighted by atomic mass is 16.8. The van der Waals surface area contributed by atoms with Gasteiger partial charge in [0.25, 0.3) is 0 Å². The molecule has 6 nitrogen and oxygen atoms in total. The van der Waals surface area contributed by atoms with E-state index < -0.39 is 22.6 Å². The second-order valence-electron chi connectivity index (χ2n) is 13.2. The average Bonchev–Trinajstić information content (AvgIpc) is 3.02. The lowest BCUT2D eigenvalue weighted by atomic mass is 9.58. The molecule has 2 saturated heterocycles. The molecule has 0 N–H and O–H groups in total. The molecule has 5 unspecified atom stereocenters. The van der Waals surface area contributed by atoms with Crippen LogP contribution in [0.25, 0.3) is 0 Å². The molecule has 9 atom stereocenters. The fourth-order valence-corrected chi connectivity index (χ4v) is 8.80. The van der Waals surface area contributed by atoms with Crippen molar-refractivity contribution in [3.05, 3.63) is 23.3 Å². The van der Waals surface area contributed by atoms with E-state index in [1.807, 2.05) is 27.7 Å². The second-order valence-corrected chi connectivity index (χ2v) is 13.2. The molecule has 2 heterocycles. The highest BCUT2D eigenvalue weighted by Gasteiger charge is 2.81. The predicted molar refractivity (Wildman–Crippen MR) is 126 cm³/mol. The van der Waals surface area contributed by atoms with Crippen molar-refractivity contribution in [3.8, 4) is 0 Å². The van der Waals surface area contributed by atoms with Gasteiger partial charge in [0, 0.05) is 12.8 Å². The Hall–Kier alpha value is -1.21. The first-order chi connectivity index (χ1) is 15.7. The molecule has 6 heteroatoms. The zero-order valence-electron chi connectivity index (χ0n) is 22.1. The van der Waals surface area contributed by atoms with E-state index in [0.717, 1.165) is 17.6 Å². The van der Waals surface area contributed by atoms with Crippen LogP contribution < -0.4 is 0 Å². The Kier molecular flexibility index (Phi) is 4.48. The number of carbonyl (C=O) groups excluding carboxylic acids is 1. The first-order valence-corrected chi connectivity index (χ1v) is 12.9. The number of hydrogen-bond donors (Lipinski definition) is 0. The van der Waals surface area contributed by atoms with Crippen molar-refractivity contribution in [1.82, 2.24) is 0 Å². The second kappa shape index (κ2) is 6.56. The lowest BCUT2D eigenvalue weighted by Gasteiger charge is -2.55. The first kappa shape index (κ1) is 23.2. The molecule has 6 rings (SSSR count). The SMILES string of the molecule is CC(=O)OC1C2C=C3COC(C)(C)O[C@H]3C34OC(C)(C)OC3C(C)=C[C@]14[C@H](C)C[C@@H]1C2C1(C)C. The highest BCUT2D eigenvalue weighted by Crippen LogP contribution is 2.75. The zero-order valence-corrected chi connectivity index (χ0v) is 22.1. The van der Waals surface area contributed by atoms with Gasteiger partial charge >= 0.3 is 5.97 Å². The molecule has 2 saturated carbocycles. The highest BCUT2D eigenvalue weighted by molar-refractivity contribution is 5.67. The lowest BCUT2D eigenvalue weighted by Crippen LogP contribution is -2.68. The van der Waals surface area contributed by atoms with Crippen LogP contribution in [0.1, 0.15) is 68.7 Å². The summed E-state index contributed by atoms with van der Waals surface area (Å²) in [7, 11) is 0. The maximum Gasteiger partial charge on any atom is 0.302 e. The summed E-state index contributed by atoms with van der Waals surface area (Å²) >= 11 is 0. The zero-order chi connectivity index (χ0) is 24.6. The predicted octanol–water partition coefficient (Wildman–Crippen LogP) is 4.77. The van der Waals surface area contributed by atoms with Crippen LogP contribution in [0.4, 0.5) is 0 Å². The molecule has 0 radical (unpaired) electrons. The van der Waals surface area contributed by atoms with Crippen LogP contribution in [0, 0.1) is 34.5 Å². The fourth-order valence-electron chi connectivity index (χ4n) is 8.80. The maximum absolute atomic E-state index is 12.7. The molecule has 4 fully saturated rings. The summed E-state index contributed by atoms with van der Waals surface area (Å²) in [5.41, 5.74) is 1.00. The minimum atomic E-state index is -0.845. The van der Waals surface area contributed by atoms with Crippen molar-refractivity contribution >= 4 is 5.97 Å². The lowest BCUT2D eigenvalue weighted by molar-refractivity contribution is -0.314. The van der Waals surface area contributed by atoms with E-state index in [9.17, 15) is 4.79 Å². The van der Waals surface area contributed by atoms with Crippen LogP contribution in [0.3, 0.4) is 0 Å². The van der Waals surface area contributed by atoms with Crippen molar-refractivity contribution in [1.29, 1.82) is 0 Å². The third kappa shape index (κ3) is 2.69. The molecule has 4 aliphatic carbocycles. The molecule has 34 heavy (non-hydrogen) atoms. The van der Waals surface area contributed by atoms with E-state index >= 15 is 0 Å². The largest absolute Gasteiger partial charge is 0.461 e. The van der Waals surface area contributed by atoms with Crippen LogP contribution in [0.2, 0.25) is 0 Å². The Balaban J connectivity index is 1.66. The van der Waals surface area contributed by atoms with Crippen LogP contribution >= 0.6 is 0 Å². The van der Waals surface area contributed by atoms with Gasteiger partial charge < -0.3 is 23.7 Å². The summed E-state index contributed by atoms with van der Waals surface area (Å²) in [5, 5.41) is 0. The minimum Gasteiger partial charge on any atom is -0.461 e. The van der Waals surface area contributed by atoms with Gasteiger partial charge in [0.05, 0.1) is 12.0 Å². The quantitative estimate of drug-likeness (QED) is 0.405. The molecule has 0 aromatic rings.